The van der Waals surface area contributed by atoms with Gasteiger partial charge < -0.3 is 4.90 Å². The van der Waals surface area contributed by atoms with E-state index in [1.54, 1.807) is 0 Å². The Morgan fingerprint density at radius 3 is 1.37 bits per heavy atom. The van der Waals surface area contributed by atoms with Crippen molar-refractivity contribution in [2.24, 2.45) is 0 Å². The van der Waals surface area contributed by atoms with Crippen LogP contribution in [0.15, 0.2) is 152 Å². The molecular formula is C44H25NS. The first-order valence-electron chi connectivity index (χ1n) is 15.8. The summed E-state index contributed by atoms with van der Waals surface area (Å²) in [6.45, 7) is 0. The molecular weight excluding hydrogens is 575 g/mol. The second-order valence-electron chi connectivity index (χ2n) is 12.5. The van der Waals surface area contributed by atoms with Crippen molar-refractivity contribution in [3.8, 4) is 0 Å². The molecule has 46 heavy (non-hydrogen) atoms. The molecule has 1 nitrogen and oxygen atoms in total. The normalized spacial score (nSPS) is 12.3. The molecule has 0 aliphatic rings. The minimum absolute atomic E-state index is 1.17. The van der Waals surface area contributed by atoms with Gasteiger partial charge in [-0.25, -0.2) is 0 Å². The molecule has 0 atom stereocenters. The Balaban J connectivity index is 1.27. The van der Waals surface area contributed by atoms with Gasteiger partial charge in [-0.2, -0.15) is 0 Å². The van der Waals surface area contributed by atoms with Gasteiger partial charge in [0.05, 0.1) is 11.4 Å². The minimum Gasteiger partial charge on any atom is -0.309 e. The molecule has 0 unspecified atom stereocenters. The first-order chi connectivity index (χ1) is 22.8. The van der Waals surface area contributed by atoms with Crippen molar-refractivity contribution >= 4 is 113 Å². The molecule has 0 aliphatic carbocycles. The number of thiophene rings is 1. The maximum atomic E-state index is 2.52. The van der Waals surface area contributed by atoms with Crippen molar-refractivity contribution in [3.63, 3.8) is 0 Å². The fraction of sp³-hybridized carbons (Fsp3) is 0. The van der Waals surface area contributed by atoms with E-state index in [9.17, 15) is 0 Å². The third kappa shape index (κ3) is 3.24. The number of fused-ring (bicyclic) bond motifs is 3. The summed E-state index contributed by atoms with van der Waals surface area (Å²) in [6.07, 6.45) is 0. The highest BCUT2D eigenvalue weighted by molar-refractivity contribution is 7.25. The highest BCUT2D eigenvalue weighted by atomic mass is 32.1. The van der Waals surface area contributed by atoms with Gasteiger partial charge in [0.1, 0.15) is 0 Å². The number of rotatable bonds is 3. The van der Waals surface area contributed by atoms with Gasteiger partial charge in [0.2, 0.25) is 0 Å². The lowest BCUT2D eigenvalue weighted by molar-refractivity contribution is 1.32. The van der Waals surface area contributed by atoms with E-state index in [1.807, 2.05) is 11.3 Å². The first-order valence-corrected chi connectivity index (χ1v) is 16.7. The summed E-state index contributed by atoms with van der Waals surface area (Å²) in [5.74, 6) is 0. The smallest absolute Gasteiger partial charge is 0.0540 e. The zero-order valence-corrected chi connectivity index (χ0v) is 25.6. The van der Waals surface area contributed by atoms with E-state index in [4.69, 9.17) is 0 Å². The fourth-order valence-electron chi connectivity index (χ4n) is 8.09. The van der Waals surface area contributed by atoms with Crippen molar-refractivity contribution < 1.29 is 0 Å². The monoisotopic (exact) mass is 599 g/mol. The highest BCUT2D eigenvalue weighted by Gasteiger charge is 2.22. The van der Waals surface area contributed by atoms with E-state index in [0.717, 1.165) is 0 Å². The number of hydrogen-bond donors (Lipinski definition) is 0. The highest BCUT2D eigenvalue weighted by Crippen LogP contribution is 2.48. The Morgan fingerprint density at radius 2 is 0.783 bits per heavy atom. The van der Waals surface area contributed by atoms with Crippen LogP contribution in [0.25, 0.3) is 84.8 Å². The molecule has 11 aromatic rings. The summed E-state index contributed by atoms with van der Waals surface area (Å²) in [6, 6.07) is 56.7. The lowest BCUT2D eigenvalue weighted by atomic mass is 9.91. The zero-order valence-electron chi connectivity index (χ0n) is 24.8. The van der Waals surface area contributed by atoms with Crippen LogP contribution in [0.1, 0.15) is 0 Å². The van der Waals surface area contributed by atoms with E-state index < -0.39 is 0 Å². The maximum absolute atomic E-state index is 2.52. The molecule has 10 aromatic carbocycles. The van der Waals surface area contributed by atoms with Crippen LogP contribution in [0.3, 0.4) is 0 Å². The predicted octanol–water partition coefficient (Wildman–Crippen LogP) is 13.3. The molecule has 11 rings (SSSR count). The second kappa shape index (κ2) is 8.94. The van der Waals surface area contributed by atoms with Gasteiger partial charge in [0, 0.05) is 36.6 Å². The summed E-state index contributed by atoms with van der Waals surface area (Å²) < 4.78 is 2.63. The summed E-state index contributed by atoms with van der Waals surface area (Å²) >= 11 is 1.88. The largest absolute Gasteiger partial charge is 0.309 e. The van der Waals surface area contributed by atoms with Crippen molar-refractivity contribution in [1.29, 1.82) is 0 Å². The molecule has 212 valence electrons. The van der Waals surface area contributed by atoms with Crippen molar-refractivity contribution in [1.82, 2.24) is 0 Å². The molecule has 2 heteroatoms. The molecule has 0 bridgehead atoms. The molecule has 0 saturated carbocycles. The average molecular weight is 600 g/mol. The van der Waals surface area contributed by atoms with E-state index in [0.29, 0.717) is 0 Å². The first kappa shape index (κ1) is 24.6. The van der Waals surface area contributed by atoms with Crippen LogP contribution in [0, 0.1) is 0 Å². The number of anilines is 3. The van der Waals surface area contributed by atoms with Gasteiger partial charge in [-0.05, 0) is 84.2 Å². The van der Waals surface area contributed by atoms with Crippen LogP contribution in [0.4, 0.5) is 17.1 Å². The molecule has 0 radical (unpaired) electrons. The lowest BCUT2D eigenvalue weighted by Crippen LogP contribution is -2.11. The molecule has 1 heterocycles. The molecule has 0 amide bonds. The quantitative estimate of drug-likeness (QED) is 0.183. The van der Waals surface area contributed by atoms with Crippen molar-refractivity contribution in [2.45, 2.75) is 0 Å². The molecule has 0 saturated heterocycles. The Labute approximate surface area is 268 Å². The third-order valence-corrected chi connectivity index (χ3v) is 11.2. The summed E-state index contributed by atoms with van der Waals surface area (Å²) in [4.78, 5) is 2.52. The summed E-state index contributed by atoms with van der Waals surface area (Å²) in [5.41, 5.74) is 3.56. The Hall–Kier alpha value is -5.70. The fourth-order valence-corrected chi connectivity index (χ4v) is 9.23. The maximum Gasteiger partial charge on any atom is 0.0540 e. The predicted molar refractivity (Wildman–Crippen MR) is 201 cm³/mol. The van der Waals surface area contributed by atoms with E-state index >= 15 is 0 Å². The molecule has 0 spiro atoms. The van der Waals surface area contributed by atoms with Crippen LogP contribution < -0.4 is 4.90 Å². The summed E-state index contributed by atoms with van der Waals surface area (Å²) in [7, 11) is 0. The molecule has 1 aromatic heterocycles. The topological polar surface area (TPSA) is 3.24 Å². The van der Waals surface area contributed by atoms with Crippen molar-refractivity contribution in [2.75, 3.05) is 4.90 Å². The van der Waals surface area contributed by atoms with Crippen LogP contribution in [-0.4, -0.2) is 0 Å². The Kier molecular flexibility index (Phi) is 4.78. The molecule has 0 fully saturated rings. The zero-order chi connectivity index (χ0) is 29.9. The third-order valence-electron chi connectivity index (χ3n) is 10.1. The van der Waals surface area contributed by atoms with Gasteiger partial charge in [-0.3, -0.25) is 0 Å². The van der Waals surface area contributed by atoms with Gasteiger partial charge in [0.15, 0.2) is 0 Å². The summed E-state index contributed by atoms with van der Waals surface area (Å²) in [5, 5.41) is 18.2. The van der Waals surface area contributed by atoms with Gasteiger partial charge in [0.25, 0.3) is 0 Å². The number of benzene rings is 10. The van der Waals surface area contributed by atoms with E-state index in [2.05, 4.69) is 157 Å². The number of hydrogen-bond acceptors (Lipinski definition) is 2. The SMILES string of the molecule is c1cc2ccc3ccc(N(c4ccc5c(c4)sc4ccccc45)c4ccc5ccc6cccc7ccc4c5c67)c4ccc(c1)c2c34. The Bertz CT molecular complexity index is 2810. The lowest BCUT2D eigenvalue weighted by Gasteiger charge is -2.29. The molecule has 0 N–H and O–H groups in total. The molecule has 0 aliphatic heterocycles. The standard InChI is InChI=1S/C44H25NS/c1-2-10-39-33(9-1)34-22-19-32(25-40(34)46-39)45(37-23-17-30-13-11-26-5-3-7-28-15-20-35(37)43(30)41(26)28)38-24-18-31-14-12-27-6-4-8-29-16-21-36(38)44(31)42(27)29/h1-25H. The van der Waals surface area contributed by atoms with Gasteiger partial charge in [-0.1, -0.05) is 121 Å². The van der Waals surface area contributed by atoms with Gasteiger partial charge in [-0.15, -0.1) is 11.3 Å². The van der Waals surface area contributed by atoms with Crippen LogP contribution in [-0.2, 0) is 0 Å². The minimum atomic E-state index is 1.17. The Morgan fingerprint density at radius 1 is 0.326 bits per heavy atom. The van der Waals surface area contributed by atoms with Gasteiger partial charge >= 0.3 is 0 Å². The number of nitrogens with zero attached hydrogens (tertiary/aromatic N) is 1. The second-order valence-corrected chi connectivity index (χ2v) is 13.6. The van der Waals surface area contributed by atoms with Crippen molar-refractivity contribution in [3.05, 3.63) is 152 Å². The van der Waals surface area contributed by atoms with Crippen LogP contribution in [0.5, 0.6) is 0 Å². The van der Waals surface area contributed by atoms with Crippen LogP contribution in [0.2, 0.25) is 0 Å². The average Bonchev–Trinajstić information content (AvgIpc) is 3.48. The van der Waals surface area contributed by atoms with E-state index in [1.165, 1.54) is 102 Å². The van der Waals surface area contributed by atoms with E-state index in [-0.39, 0.29) is 0 Å². The van der Waals surface area contributed by atoms with Crippen LogP contribution >= 0.6 is 11.3 Å².